The van der Waals surface area contributed by atoms with Crippen LogP contribution in [-0.2, 0) is 0 Å². The van der Waals surface area contributed by atoms with E-state index >= 15 is 0 Å². The summed E-state index contributed by atoms with van der Waals surface area (Å²) in [5.41, 5.74) is 8.27. The van der Waals surface area contributed by atoms with Gasteiger partial charge < -0.3 is 10.2 Å². The lowest BCUT2D eigenvalue weighted by Crippen LogP contribution is -2.45. The number of piperazine rings is 1. The molecule has 3 rings (SSSR count). The standard InChI is InChI=1S/C15H24N4/c1-2-4-13(5-3-1)15-12-14(17-18-15)6-9-19-10-7-16-8-11-19/h1-5,14-18H,6-12H2. The zero-order valence-corrected chi connectivity index (χ0v) is 11.4. The van der Waals surface area contributed by atoms with E-state index in [1.165, 1.54) is 38.0 Å². The molecule has 2 unspecified atom stereocenters. The van der Waals surface area contributed by atoms with Crippen LogP contribution in [0.3, 0.4) is 0 Å². The normalized spacial score (nSPS) is 28.6. The Hall–Kier alpha value is -0.940. The van der Waals surface area contributed by atoms with Gasteiger partial charge in [-0.2, -0.15) is 0 Å². The molecule has 0 amide bonds. The number of nitrogens with one attached hydrogen (secondary N) is 3. The van der Waals surface area contributed by atoms with Crippen LogP contribution >= 0.6 is 0 Å². The van der Waals surface area contributed by atoms with E-state index < -0.39 is 0 Å². The molecule has 104 valence electrons. The Morgan fingerprint density at radius 3 is 2.63 bits per heavy atom. The Morgan fingerprint density at radius 1 is 1.05 bits per heavy atom. The number of rotatable bonds is 4. The third-order valence-electron chi connectivity index (χ3n) is 4.19. The van der Waals surface area contributed by atoms with Gasteiger partial charge in [0.05, 0.1) is 0 Å². The first-order valence-electron chi connectivity index (χ1n) is 7.41. The van der Waals surface area contributed by atoms with Crippen molar-refractivity contribution in [3.63, 3.8) is 0 Å². The predicted molar refractivity (Wildman–Crippen MR) is 77.8 cm³/mol. The molecule has 2 heterocycles. The van der Waals surface area contributed by atoms with Gasteiger partial charge in [-0.25, -0.2) is 0 Å². The molecule has 2 aliphatic heterocycles. The second kappa shape index (κ2) is 6.48. The van der Waals surface area contributed by atoms with Gasteiger partial charge in [-0.05, 0) is 24.9 Å². The summed E-state index contributed by atoms with van der Waals surface area (Å²) < 4.78 is 0. The lowest BCUT2D eigenvalue weighted by atomic mass is 10.0. The SMILES string of the molecule is c1ccc(C2CC(CCN3CCNCC3)NN2)cc1. The quantitative estimate of drug-likeness (QED) is 0.752. The average Bonchev–Trinajstić information content (AvgIpc) is 2.96. The third-order valence-corrected chi connectivity index (χ3v) is 4.19. The first-order valence-corrected chi connectivity index (χ1v) is 7.41. The second-order valence-corrected chi connectivity index (χ2v) is 5.56. The minimum Gasteiger partial charge on any atom is -0.314 e. The number of hydrogen-bond acceptors (Lipinski definition) is 4. The second-order valence-electron chi connectivity index (χ2n) is 5.56. The number of hydrazine groups is 1. The molecule has 0 aromatic heterocycles. The molecule has 2 aliphatic rings. The summed E-state index contributed by atoms with van der Waals surface area (Å²) in [5.74, 6) is 0. The van der Waals surface area contributed by atoms with Gasteiger partial charge >= 0.3 is 0 Å². The molecule has 0 spiro atoms. The van der Waals surface area contributed by atoms with Crippen molar-refractivity contribution in [1.82, 2.24) is 21.1 Å². The van der Waals surface area contributed by atoms with Gasteiger partial charge in [-0.3, -0.25) is 10.9 Å². The van der Waals surface area contributed by atoms with Crippen LogP contribution in [0.15, 0.2) is 30.3 Å². The van der Waals surface area contributed by atoms with Crippen molar-refractivity contribution < 1.29 is 0 Å². The Balaban J connectivity index is 1.44. The van der Waals surface area contributed by atoms with Crippen LogP contribution in [0.4, 0.5) is 0 Å². The Morgan fingerprint density at radius 2 is 1.84 bits per heavy atom. The Labute approximate surface area is 115 Å². The molecule has 1 aromatic carbocycles. The number of hydrogen-bond donors (Lipinski definition) is 3. The van der Waals surface area contributed by atoms with Crippen molar-refractivity contribution in [2.75, 3.05) is 32.7 Å². The fourth-order valence-corrected chi connectivity index (χ4v) is 2.99. The van der Waals surface area contributed by atoms with Gasteiger partial charge in [-0.15, -0.1) is 0 Å². The first-order chi connectivity index (χ1) is 9.42. The maximum Gasteiger partial charge on any atom is 0.0477 e. The zero-order chi connectivity index (χ0) is 12.9. The van der Waals surface area contributed by atoms with E-state index in [4.69, 9.17) is 0 Å². The lowest BCUT2D eigenvalue weighted by molar-refractivity contribution is 0.229. The van der Waals surface area contributed by atoms with Gasteiger partial charge in [0.15, 0.2) is 0 Å². The van der Waals surface area contributed by atoms with E-state index in [1.54, 1.807) is 0 Å². The van der Waals surface area contributed by atoms with Crippen LogP contribution in [0.5, 0.6) is 0 Å². The summed E-state index contributed by atoms with van der Waals surface area (Å²) >= 11 is 0. The summed E-state index contributed by atoms with van der Waals surface area (Å²) in [6.07, 6.45) is 2.42. The minimum atomic E-state index is 0.467. The van der Waals surface area contributed by atoms with Crippen molar-refractivity contribution in [3.8, 4) is 0 Å². The van der Waals surface area contributed by atoms with Gasteiger partial charge in [-0.1, -0.05) is 30.3 Å². The molecular weight excluding hydrogens is 236 g/mol. The molecule has 2 fully saturated rings. The lowest BCUT2D eigenvalue weighted by Gasteiger charge is -2.28. The smallest absolute Gasteiger partial charge is 0.0477 e. The maximum atomic E-state index is 3.45. The monoisotopic (exact) mass is 260 g/mol. The largest absolute Gasteiger partial charge is 0.314 e. The van der Waals surface area contributed by atoms with Gasteiger partial charge in [0.25, 0.3) is 0 Å². The fourth-order valence-electron chi connectivity index (χ4n) is 2.99. The van der Waals surface area contributed by atoms with Crippen LogP contribution < -0.4 is 16.2 Å². The molecule has 4 heteroatoms. The molecule has 0 saturated carbocycles. The van der Waals surface area contributed by atoms with E-state index in [0.717, 1.165) is 13.1 Å². The zero-order valence-electron chi connectivity index (χ0n) is 11.4. The summed E-state index contributed by atoms with van der Waals surface area (Å²) in [4.78, 5) is 2.56. The van der Waals surface area contributed by atoms with Crippen molar-refractivity contribution >= 4 is 0 Å². The first kappa shape index (κ1) is 13.1. The highest BCUT2D eigenvalue weighted by molar-refractivity contribution is 5.19. The Kier molecular flexibility index (Phi) is 4.45. The van der Waals surface area contributed by atoms with E-state index in [2.05, 4.69) is 51.4 Å². The predicted octanol–water partition coefficient (Wildman–Crippen LogP) is 0.890. The van der Waals surface area contributed by atoms with Gasteiger partial charge in [0.1, 0.15) is 0 Å². The molecule has 19 heavy (non-hydrogen) atoms. The molecule has 0 radical (unpaired) electrons. The van der Waals surface area contributed by atoms with Crippen molar-refractivity contribution in [3.05, 3.63) is 35.9 Å². The van der Waals surface area contributed by atoms with Crippen LogP contribution in [-0.4, -0.2) is 43.7 Å². The van der Waals surface area contributed by atoms with Crippen LogP contribution in [0, 0.1) is 0 Å². The van der Waals surface area contributed by atoms with Crippen molar-refractivity contribution in [2.24, 2.45) is 0 Å². The third kappa shape index (κ3) is 3.54. The van der Waals surface area contributed by atoms with Crippen LogP contribution in [0.25, 0.3) is 0 Å². The molecule has 4 nitrogen and oxygen atoms in total. The van der Waals surface area contributed by atoms with Crippen LogP contribution in [0.2, 0.25) is 0 Å². The van der Waals surface area contributed by atoms with E-state index in [1.807, 2.05) is 0 Å². The number of benzene rings is 1. The highest BCUT2D eigenvalue weighted by Crippen LogP contribution is 2.23. The molecule has 0 bridgehead atoms. The van der Waals surface area contributed by atoms with E-state index in [9.17, 15) is 0 Å². The highest BCUT2D eigenvalue weighted by atomic mass is 15.4. The molecular formula is C15H24N4. The molecule has 1 aromatic rings. The summed E-state index contributed by atoms with van der Waals surface area (Å²) in [6.45, 7) is 5.89. The summed E-state index contributed by atoms with van der Waals surface area (Å²) in [7, 11) is 0. The van der Waals surface area contributed by atoms with Gasteiger partial charge in [0.2, 0.25) is 0 Å². The van der Waals surface area contributed by atoms with E-state index in [-0.39, 0.29) is 0 Å². The van der Waals surface area contributed by atoms with E-state index in [0.29, 0.717) is 12.1 Å². The van der Waals surface area contributed by atoms with Gasteiger partial charge in [0, 0.05) is 38.3 Å². The molecule has 3 N–H and O–H groups in total. The summed E-state index contributed by atoms with van der Waals surface area (Å²) in [5, 5.41) is 3.40. The maximum absolute atomic E-state index is 3.45. The molecule has 2 atom stereocenters. The minimum absolute atomic E-state index is 0.467. The van der Waals surface area contributed by atoms with Crippen molar-refractivity contribution in [1.29, 1.82) is 0 Å². The Bertz CT molecular complexity index is 375. The molecule has 2 saturated heterocycles. The number of nitrogens with zero attached hydrogens (tertiary/aromatic N) is 1. The van der Waals surface area contributed by atoms with Crippen LogP contribution in [0.1, 0.15) is 24.4 Å². The molecule has 0 aliphatic carbocycles. The van der Waals surface area contributed by atoms with Crippen molar-refractivity contribution in [2.45, 2.75) is 24.9 Å². The fraction of sp³-hybridized carbons (Fsp3) is 0.600. The summed E-state index contributed by atoms with van der Waals surface area (Å²) in [6, 6.07) is 11.8. The average molecular weight is 260 g/mol. The highest BCUT2D eigenvalue weighted by Gasteiger charge is 2.25. The topological polar surface area (TPSA) is 39.3 Å².